The highest BCUT2D eigenvalue weighted by Crippen LogP contribution is 2.17. The number of rotatable bonds is 6. The van der Waals surface area contributed by atoms with Gasteiger partial charge in [0.1, 0.15) is 5.82 Å². The molecule has 2 aromatic carbocycles. The van der Waals surface area contributed by atoms with E-state index in [0.29, 0.717) is 23.6 Å². The monoisotopic (exact) mass is 400 g/mol. The Kier molecular flexibility index (Phi) is 5.43. The van der Waals surface area contributed by atoms with Crippen LogP contribution in [-0.4, -0.2) is 21.6 Å². The fourth-order valence-corrected chi connectivity index (χ4v) is 3.05. The SMILES string of the molecule is Cc1cc(NC(=O)c2cccc(NC(=O)c3ccco3)c2)n(Cc2ccccc2)n1. The standard InChI is InChI=1S/C23H20N4O3/c1-16-13-21(27(26-16)15-17-7-3-2-4-8-17)25-22(28)18-9-5-10-19(14-18)24-23(29)20-11-6-12-30-20/h2-14H,15H2,1H3,(H,24,29)(H,25,28). The summed E-state index contributed by atoms with van der Waals surface area (Å²) in [7, 11) is 0. The van der Waals surface area contributed by atoms with Crippen molar-refractivity contribution in [1.82, 2.24) is 9.78 Å². The van der Waals surface area contributed by atoms with Crippen molar-refractivity contribution < 1.29 is 14.0 Å². The van der Waals surface area contributed by atoms with Crippen molar-refractivity contribution in [3.05, 3.63) is 102 Å². The molecular weight excluding hydrogens is 380 g/mol. The second-order valence-electron chi connectivity index (χ2n) is 6.78. The first-order chi connectivity index (χ1) is 14.6. The highest BCUT2D eigenvalue weighted by Gasteiger charge is 2.14. The molecule has 2 N–H and O–H groups in total. The minimum absolute atomic E-state index is 0.199. The normalized spacial score (nSPS) is 10.6. The quantitative estimate of drug-likeness (QED) is 0.504. The molecule has 0 aliphatic heterocycles. The Hall–Kier alpha value is -4.13. The number of aromatic nitrogens is 2. The van der Waals surface area contributed by atoms with Crippen molar-refractivity contribution in [1.29, 1.82) is 0 Å². The van der Waals surface area contributed by atoms with Gasteiger partial charge < -0.3 is 15.1 Å². The highest BCUT2D eigenvalue weighted by atomic mass is 16.3. The van der Waals surface area contributed by atoms with E-state index in [-0.39, 0.29) is 17.6 Å². The van der Waals surface area contributed by atoms with Gasteiger partial charge in [-0.05, 0) is 42.8 Å². The summed E-state index contributed by atoms with van der Waals surface area (Å²) in [4.78, 5) is 25.0. The lowest BCUT2D eigenvalue weighted by Crippen LogP contribution is -2.17. The van der Waals surface area contributed by atoms with Crippen LogP contribution in [-0.2, 0) is 6.54 Å². The molecule has 2 aromatic heterocycles. The van der Waals surface area contributed by atoms with Crippen LogP contribution in [0.1, 0.15) is 32.2 Å². The van der Waals surface area contributed by atoms with Crippen LogP contribution in [0, 0.1) is 6.92 Å². The summed E-state index contributed by atoms with van der Waals surface area (Å²) in [6.45, 7) is 2.42. The lowest BCUT2D eigenvalue weighted by Gasteiger charge is -2.10. The van der Waals surface area contributed by atoms with Crippen LogP contribution in [0.15, 0.2) is 83.5 Å². The summed E-state index contributed by atoms with van der Waals surface area (Å²) in [5.74, 6) is 0.129. The number of furan rings is 1. The largest absolute Gasteiger partial charge is 0.459 e. The van der Waals surface area contributed by atoms with E-state index in [4.69, 9.17) is 4.42 Å². The van der Waals surface area contributed by atoms with E-state index in [1.807, 2.05) is 43.3 Å². The minimum Gasteiger partial charge on any atom is -0.459 e. The first kappa shape index (κ1) is 19.2. The molecule has 0 radical (unpaired) electrons. The van der Waals surface area contributed by atoms with E-state index >= 15 is 0 Å². The van der Waals surface area contributed by atoms with E-state index in [9.17, 15) is 9.59 Å². The van der Waals surface area contributed by atoms with Crippen molar-refractivity contribution in [2.75, 3.05) is 10.6 Å². The van der Waals surface area contributed by atoms with Crippen molar-refractivity contribution >= 4 is 23.3 Å². The molecule has 7 nitrogen and oxygen atoms in total. The molecule has 0 bridgehead atoms. The zero-order valence-electron chi connectivity index (χ0n) is 16.3. The van der Waals surface area contributed by atoms with Gasteiger partial charge in [-0.15, -0.1) is 0 Å². The van der Waals surface area contributed by atoms with Gasteiger partial charge >= 0.3 is 0 Å². The van der Waals surface area contributed by atoms with Gasteiger partial charge in [0.05, 0.1) is 18.5 Å². The van der Waals surface area contributed by atoms with Gasteiger partial charge in [-0.25, -0.2) is 4.68 Å². The van der Waals surface area contributed by atoms with E-state index < -0.39 is 0 Å². The fraction of sp³-hybridized carbons (Fsp3) is 0.0870. The Balaban J connectivity index is 1.49. The average Bonchev–Trinajstić information content (AvgIpc) is 3.39. The van der Waals surface area contributed by atoms with Gasteiger partial charge in [0, 0.05) is 17.3 Å². The fourth-order valence-electron chi connectivity index (χ4n) is 3.05. The molecule has 150 valence electrons. The van der Waals surface area contributed by atoms with E-state index in [0.717, 1.165) is 11.3 Å². The molecular formula is C23H20N4O3. The third-order valence-corrected chi connectivity index (χ3v) is 4.45. The molecule has 4 rings (SSSR count). The smallest absolute Gasteiger partial charge is 0.291 e. The average molecular weight is 400 g/mol. The Morgan fingerprint density at radius 1 is 0.933 bits per heavy atom. The van der Waals surface area contributed by atoms with Crippen LogP contribution in [0.4, 0.5) is 11.5 Å². The summed E-state index contributed by atoms with van der Waals surface area (Å²) in [6.07, 6.45) is 1.43. The van der Waals surface area contributed by atoms with Gasteiger partial charge in [-0.2, -0.15) is 5.10 Å². The molecule has 0 fully saturated rings. The maximum absolute atomic E-state index is 12.8. The highest BCUT2D eigenvalue weighted by molar-refractivity contribution is 6.06. The van der Waals surface area contributed by atoms with Crippen molar-refractivity contribution in [2.24, 2.45) is 0 Å². The summed E-state index contributed by atoms with van der Waals surface area (Å²) in [5.41, 5.74) is 2.80. The third-order valence-electron chi connectivity index (χ3n) is 4.45. The zero-order chi connectivity index (χ0) is 20.9. The molecule has 30 heavy (non-hydrogen) atoms. The number of hydrogen-bond donors (Lipinski definition) is 2. The maximum Gasteiger partial charge on any atom is 0.291 e. The van der Waals surface area contributed by atoms with E-state index in [1.165, 1.54) is 6.26 Å². The number of anilines is 2. The van der Waals surface area contributed by atoms with Crippen LogP contribution in [0.3, 0.4) is 0 Å². The predicted octanol–water partition coefficient (Wildman–Crippen LogP) is 4.34. The lowest BCUT2D eigenvalue weighted by molar-refractivity contribution is 0.0993. The predicted molar refractivity (Wildman–Crippen MR) is 114 cm³/mol. The molecule has 0 unspecified atom stereocenters. The van der Waals surface area contributed by atoms with Crippen LogP contribution in [0.25, 0.3) is 0 Å². The Labute approximate surface area is 173 Å². The number of benzene rings is 2. The zero-order valence-corrected chi connectivity index (χ0v) is 16.3. The first-order valence-electron chi connectivity index (χ1n) is 9.43. The Bertz CT molecular complexity index is 1160. The van der Waals surface area contributed by atoms with Crippen molar-refractivity contribution in [2.45, 2.75) is 13.5 Å². The molecule has 0 aliphatic rings. The molecule has 7 heteroatoms. The summed E-state index contributed by atoms with van der Waals surface area (Å²) >= 11 is 0. The number of nitrogens with one attached hydrogen (secondary N) is 2. The number of nitrogens with zero attached hydrogens (tertiary/aromatic N) is 2. The minimum atomic E-state index is -0.380. The van der Waals surface area contributed by atoms with Crippen molar-refractivity contribution in [3.8, 4) is 0 Å². The lowest BCUT2D eigenvalue weighted by atomic mass is 10.2. The number of aryl methyl sites for hydroxylation is 1. The van der Waals surface area contributed by atoms with Gasteiger partial charge in [0.25, 0.3) is 11.8 Å². The number of carbonyl (C=O) groups excluding carboxylic acids is 2. The van der Waals surface area contributed by atoms with E-state index in [1.54, 1.807) is 41.1 Å². The Morgan fingerprint density at radius 2 is 1.77 bits per heavy atom. The van der Waals surface area contributed by atoms with Gasteiger partial charge in [0.2, 0.25) is 0 Å². The second kappa shape index (κ2) is 8.48. The van der Waals surface area contributed by atoms with E-state index in [2.05, 4.69) is 15.7 Å². The summed E-state index contributed by atoms with van der Waals surface area (Å²) in [6, 6.07) is 21.6. The van der Waals surface area contributed by atoms with Crippen molar-refractivity contribution in [3.63, 3.8) is 0 Å². The molecule has 2 heterocycles. The van der Waals surface area contributed by atoms with Gasteiger partial charge in [0.15, 0.2) is 5.76 Å². The molecule has 2 amide bonds. The topological polar surface area (TPSA) is 89.2 Å². The number of carbonyl (C=O) groups is 2. The molecule has 0 saturated heterocycles. The maximum atomic E-state index is 12.8. The third kappa shape index (κ3) is 4.47. The number of hydrogen-bond acceptors (Lipinski definition) is 4. The summed E-state index contributed by atoms with van der Waals surface area (Å²) < 4.78 is 6.84. The van der Waals surface area contributed by atoms with Crippen LogP contribution < -0.4 is 10.6 Å². The second-order valence-corrected chi connectivity index (χ2v) is 6.78. The molecule has 0 spiro atoms. The van der Waals surface area contributed by atoms with Crippen LogP contribution in [0.5, 0.6) is 0 Å². The van der Waals surface area contributed by atoms with Crippen LogP contribution >= 0.6 is 0 Å². The van der Waals surface area contributed by atoms with Gasteiger partial charge in [-0.1, -0.05) is 36.4 Å². The Morgan fingerprint density at radius 3 is 2.53 bits per heavy atom. The molecule has 4 aromatic rings. The molecule has 0 atom stereocenters. The van der Waals surface area contributed by atoms with Gasteiger partial charge in [-0.3, -0.25) is 9.59 Å². The van der Waals surface area contributed by atoms with Crippen LogP contribution in [0.2, 0.25) is 0 Å². The molecule has 0 saturated carbocycles. The summed E-state index contributed by atoms with van der Waals surface area (Å²) in [5, 5.41) is 10.1. The molecule has 0 aliphatic carbocycles. The first-order valence-corrected chi connectivity index (χ1v) is 9.43. The number of amides is 2.